The van der Waals surface area contributed by atoms with Crippen molar-refractivity contribution < 1.29 is 14.6 Å². The second-order valence-electron chi connectivity index (χ2n) is 4.26. The summed E-state index contributed by atoms with van der Waals surface area (Å²) in [5.41, 5.74) is 4.33. The summed E-state index contributed by atoms with van der Waals surface area (Å²) in [4.78, 5) is 11.8. The molecule has 1 heterocycles. The third-order valence-electron chi connectivity index (χ3n) is 2.68. The maximum Gasteiger partial charge on any atom is 0.343 e. The summed E-state index contributed by atoms with van der Waals surface area (Å²) in [5.74, 6) is -0.0112. The molecule has 0 bridgehead atoms. The SMILES string of the molecule is CCOC(=O)c1c(N/N=C\c2cccc(O)c2)n[nH]c1C. The van der Waals surface area contributed by atoms with Crippen molar-refractivity contribution >= 4 is 18.0 Å². The summed E-state index contributed by atoms with van der Waals surface area (Å²) in [6.07, 6.45) is 1.51. The van der Waals surface area contributed by atoms with Crippen LogP contribution in [-0.4, -0.2) is 34.1 Å². The minimum absolute atomic E-state index is 0.154. The van der Waals surface area contributed by atoms with E-state index in [4.69, 9.17) is 4.74 Å². The fraction of sp³-hybridized carbons (Fsp3) is 0.214. The van der Waals surface area contributed by atoms with Crippen LogP contribution in [0.1, 0.15) is 28.5 Å². The lowest BCUT2D eigenvalue weighted by Crippen LogP contribution is -2.08. The lowest BCUT2D eigenvalue weighted by Gasteiger charge is -2.02. The first-order chi connectivity index (χ1) is 10.1. The predicted molar refractivity (Wildman–Crippen MR) is 78.6 cm³/mol. The smallest absolute Gasteiger partial charge is 0.343 e. The number of carbonyl (C=O) groups is 1. The van der Waals surface area contributed by atoms with E-state index < -0.39 is 5.97 Å². The second-order valence-corrected chi connectivity index (χ2v) is 4.26. The Morgan fingerprint density at radius 3 is 3.10 bits per heavy atom. The Morgan fingerprint density at radius 2 is 2.38 bits per heavy atom. The number of phenolic OH excluding ortho intramolecular Hbond substituents is 1. The molecule has 1 aromatic heterocycles. The van der Waals surface area contributed by atoms with Crippen LogP contribution in [0.15, 0.2) is 29.4 Å². The zero-order valence-electron chi connectivity index (χ0n) is 11.8. The molecule has 0 unspecified atom stereocenters. The molecule has 0 saturated heterocycles. The molecule has 7 nitrogen and oxygen atoms in total. The van der Waals surface area contributed by atoms with Crippen molar-refractivity contribution in [1.82, 2.24) is 10.2 Å². The summed E-state index contributed by atoms with van der Waals surface area (Å²) in [6, 6.07) is 6.63. The highest BCUT2D eigenvalue weighted by Gasteiger charge is 2.18. The van der Waals surface area contributed by atoms with E-state index in [-0.39, 0.29) is 12.4 Å². The van der Waals surface area contributed by atoms with Crippen molar-refractivity contribution in [3.8, 4) is 5.75 Å². The molecule has 0 spiro atoms. The van der Waals surface area contributed by atoms with Crippen LogP contribution in [0.2, 0.25) is 0 Å². The van der Waals surface area contributed by atoms with Crippen LogP contribution >= 0.6 is 0 Å². The van der Waals surface area contributed by atoms with Crippen molar-refractivity contribution in [3.05, 3.63) is 41.1 Å². The number of nitrogens with zero attached hydrogens (tertiary/aromatic N) is 2. The first-order valence-corrected chi connectivity index (χ1v) is 6.42. The number of aromatic hydroxyl groups is 1. The van der Waals surface area contributed by atoms with E-state index in [2.05, 4.69) is 20.7 Å². The number of esters is 1. The minimum Gasteiger partial charge on any atom is -0.508 e. The predicted octanol–water partition coefficient (Wildman–Crippen LogP) is 2.05. The number of phenols is 1. The summed E-state index contributed by atoms with van der Waals surface area (Å²) >= 11 is 0. The Hall–Kier alpha value is -2.83. The Kier molecular flexibility index (Phi) is 4.55. The van der Waals surface area contributed by atoms with Gasteiger partial charge in [0.15, 0.2) is 5.82 Å². The van der Waals surface area contributed by atoms with Gasteiger partial charge in [-0.3, -0.25) is 10.5 Å². The molecule has 0 fully saturated rings. The van der Waals surface area contributed by atoms with Gasteiger partial charge in [0.1, 0.15) is 11.3 Å². The highest BCUT2D eigenvalue weighted by molar-refractivity contribution is 5.96. The van der Waals surface area contributed by atoms with Crippen LogP contribution in [0.5, 0.6) is 5.75 Å². The molecular weight excluding hydrogens is 272 g/mol. The second kappa shape index (κ2) is 6.56. The minimum atomic E-state index is -0.459. The molecule has 1 aromatic carbocycles. The number of benzene rings is 1. The van der Waals surface area contributed by atoms with Gasteiger partial charge in [0.2, 0.25) is 0 Å². The fourth-order valence-corrected chi connectivity index (χ4v) is 1.74. The Balaban J connectivity index is 2.12. The van der Waals surface area contributed by atoms with Crippen molar-refractivity contribution in [1.29, 1.82) is 0 Å². The Bertz CT molecular complexity index is 664. The number of carbonyl (C=O) groups excluding carboxylic acids is 1. The maximum absolute atomic E-state index is 11.8. The number of anilines is 1. The molecule has 2 aromatic rings. The van der Waals surface area contributed by atoms with Crippen LogP contribution in [0.3, 0.4) is 0 Å². The van der Waals surface area contributed by atoms with Gasteiger partial charge >= 0.3 is 5.97 Å². The number of aromatic nitrogens is 2. The van der Waals surface area contributed by atoms with Crippen LogP contribution in [-0.2, 0) is 4.74 Å². The standard InChI is InChI=1S/C14H16N4O3/c1-3-21-14(20)12-9(2)16-18-13(12)17-15-8-10-5-4-6-11(19)7-10/h4-8,19H,3H2,1-2H3,(H2,16,17,18)/b15-8-. The van der Waals surface area contributed by atoms with Gasteiger partial charge in [-0.2, -0.15) is 10.2 Å². The van der Waals surface area contributed by atoms with E-state index in [0.29, 0.717) is 22.6 Å². The van der Waals surface area contributed by atoms with E-state index in [1.807, 2.05) is 0 Å². The van der Waals surface area contributed by atoms with Crippen LogP contribution < -0.4 is 5.43 Å². The monoisotopic (exact) mass is 288 g/mol. The van der Waals surface area contributed by atoms with Crippen molar-refractivity contribution in [3.63, 3.8) is 0 Å². The molecule has 0 saturated carbocycles. The summed E-state index contributed by atoms with van der Waals surface area (Å²) in [5, 5.41) is 20.0. The van der Waals surface area contributed by atoms with Gasteiger partial charge < -0.3 is 9.84 Å². The van der Waals surface area contributed by atoms with Gasteiger partial charge in [0.05, 0.1) is 12.8 Å². The van der Waals surface area contributed by atoms with Gasteiger partial charge in [-0.25, -0.2) is 4.79 Å². The molecule has 0 aliphatic rings. The van der Waals surface area contributed by atoms with Crippen molar-refractivity contribution in [2.75, 3.05) is 12.0 Å². The number of rotatable bonds is 5. The number of hydrogen-bond acceptors (Lipinski definition) is 6. The molecule has 0 amide bonds. The van der Waals surface area contributed by atoms with E-state index in [9.17, 15) is 9.90 Å². The highest BCUT2D eigenvalue weighted by Crippen LogP contribution is 2.17. The first-order valence-electron chi connectivity index (χ1n) is 6.42. The average molecular weight is 288 g/mol. The number of hydrazone groups is 1. The molecule has 0 aliphatic carbocycles. The number of aromatic amines is 1. The quantitative estimate of drug-likeness (QED) is 0.444. The molecule has 21 heavy (non-hydrogen) atoms. The highest BCUT2D eigenvalue weighted by atomic mass is 16.5. The topological polar surface area (TPSA) is 99.6 Å². The van der Waals surface area contributed by atoms with Crippen LogP contribution in [0.25, 0.3) is 0 Å². The summed E-state index contributed by atoms with van der Waals surface area (Å²) in [7, 11) is 0. The third kappa shape index (κ3) is 3.59. The molecule has 3 N–H and O–H groups in total. The Labute approximate surface area is 121 Å². The number of hydrogen-bond donors (Lipinski definition) is 3. The maximum atomic E-state index is 11.8. The molecule has 0 radical (unpaired) electrons. The third-order valence-corrected chi connectivity index (χ3v) is 2.68. The van der Waals surface area contributed by atoms with Gasteiger partial charge in [0, 0.05) is 5.69 Å². The number of ether oxygens (including phenoxy) is 1. The summed E-state index contributed by atoms with van der Waals surface area (Å²) in [6.45, 7) is 3.75. The largest absolute Gasteiger partial charge is 0.508 e. The van der Waals surface area contributed by atoms with Gasteiger partial charge in [-0.15, -0.1) is 0 Å². The van der Waals surface area contributed by atoms with E-state index in [1.54, 1.807) is 38.1 Å². The zero-order valence-corrected chi connectivity index (χ0v) is 11.8. The lowest BCUT2D eigenvalue weighted by atomic mass is 10.2. The van der Waals surface area contributed by atoms with E-state index >= 15 is 0 Å². The number of aryl methyl sites for hydroxylation is 1. The van der Waals surface area contributed by atoms with E-state index in [0.717, 1.165) is 0 Å². The zero-order chi connectivity index (χ0) is 15.2. The molecule has 0 atom stereocenters. The number of nitrogens with one attached hydrogen (secondary N) is 2. The van der Waals surface area contributed by atoms with E-state index in [1.165, 1.54) is 6.21 Å². The molecule has 7 heteroatoms. The fourth-order valence-electron chi connectivity index (χ4n) is 1.74. The molecule has 2 rings (SSSR count). The van der Waals surface area contributed by atoms with Crippen molar-refractivity contribution in [2.24, 2.45) is 5.10 Å². The van der Waals surface area contributed by atoms with Gasteiger partial charge in [-0.1, -0.05) is 12.1 Å². The molecule has 110 valence electrons. The Morgan fingerprint density at radius 1 is 1.57 bits per heavy atom. The number of H-pyrrole nitrogens is 1. The average Bonchev–Trinajstić information content (AvgIpc) is 2.80. The molecular formula is C14H16N4O3. The molecule has 0 aliphatic heterocycles. The first kappa shape index (κ1) is 14.6. The van der Waals surface area contributed by atoms with Gasteiger partial charge in [0.25, 0.3) is 0 Å². The van der Waals surface area contributed by atoms with Crippen molar-refractivity contribution in [2.45, 2.75) is 13.8 Å². The van der Waals surface area contributed by atoms with Crippen LogP contribution in [0.4, 0.5) is 5.82 Å². The lowest BCUT2D eigenvalue weighted by molar-refractivity contribution is 0.0526. The van der Waals surface area contributed by atoms with Gasteiger partial charge in [-0.05, 0) is 31.5 Å². The van der Waals surface area contributed by atoms with Crippen LogP contribution in [0, 0.1) is 6.92 Å². The summed E-state index contributed by atoms with van der Waals surface area (Å²) < 4.78 is 4.96. The normalized spacial score (nSPS) is 10.8.